The third kappa shape index (κ3) is 3.13. The Morgan fingerprint density at radius 2 is 1.89 bits per heavy atom. The van der Waals surface area contributed by atoms with Crippen LogP contribution in [0.4, 0.5) is 0 Å². The number of hydrogen-bond donors (Lipinski definition) is 0. The molecule has 0 fully saturated rings. The lowest BCUT2D eigenvalue weighted by molar-refractivity contribution is 0.336. The molecule has 0 amide bonds. The Balaban J connectivity index is 1.77. The molecule has 27 heavy (non-hydrogen) atoms. The summed E-state index contributed by atoms with van der Waals surface area (Å²) in [6, 6.07) is 14.2. The Bertz CT molecular complexity index is 1170. The van der Waals surface area contributed by atoms with Crippen LogP contribution < -0.4 is 10.4 Å². The number of nitrogens with zero attached hydrogens (tertiary/aromatic N) is 1. The third-order valence-corrected chi connectivity index (χ3v) is 6.54. The fourth-order valence-corrected chi connectivity index (χ4v) is 4.81. The van der Waals surface area contributed by atoms with Gasteiger partial charge in [-0.3, -0.25) is 0 Å². The van der Waals surface area contributed by atoms with Gasteiger partial charge in [-0.05, 0) is 36.6 Å². The molecule has 0 unspecified atom stereocenters. The van der Waals surface area contributed by atoms with Crippen LogP contribution >= 0.6 is 0 Å². The molecule has 0 saturated carbocycles. The van der Waals surface area contributed by atoms with Gasteiger partial charge in [-0.1, -0.05) is 36.4 Å². The zero-order valence-corrected chi connectivity index (χ0v) is 15.7. The lowest BCUT2D eigenvalue weighted by Gasteiger charge is -2.27. The summed E-state index contributed by atoms with van der Waals surface area (Å²) in [4.78, 5) is 12.2. The molecule has 0 atom stereocenters. The maximum atomic E-state index is 13.1. The number of sulfonamides is 1. The number of fused-ring (bicyclic) bond motifs is 2. The van der Waals surface area contributed by atoms with Crippen LogP contribution in [-0.4, -0.2) is 25.9 Å². The van der Waals surface area contributed by atoms with Crippen molar-refractivity contribution in [3.8, 4) is 5.75 Å². The highest BCUT2D eigenvalue weighted by Gasteiger charge is 2.31. The molecule has 0 bridgehead atoms. The van der Waals surface area contributed by atoms with E-state index >= 15 is 0 Å². The summed E-state index contributed by atoms with van der Waals surface area (Å²) >= 11 is 0. The third-order valence-electron chi connectivity index (χ3n) is 4.71. The fraction of sp³-hybridized carbons (Fsp3) is 0.250. The smallest absolute Gasteiger partial charge is 0.356 e. The molecule has 0 saturated heterocycles. The Morgan fingerprint density at radius 1 is 1.11 bits per heavy atom. The molecule has 1 aliphatic heterocycles. The zero-order chi connectivity index (χ0) is 19.0. The van der Waals surface area contributed by atoms with Crippen molar-refractivity contribution in [2.75, 3.05) is 13.2 Å². The summed E-state index contributed by atoms with van der Waals surface area (Å²) < 4.78 is 38.3. The highest BCUT2D eigenvalue weighted by molar-refractivity contribution is 7.89. The van der Waals surface area contributed by atoms with Crippen molar-refractivity contribution >= 4 is 21.0 Å². The topological polar surface area (TPSA) is 76.8 Å². The first kappa shape index (κ1) is 17.8. The molecule has 1 aromatic heterocycles. The molecular weight excluding hydrogens is 366 g/mol. The van der Waals surface area contributed by atoms with Gasteiger partial charge >= 0.3 is 5.63 Å². The largest absolute Gasteiger partial charge is 0.490 e. The summed E-state index contributed by atoms with van der Waals surface area (Å²) in [5.74, 6) is 0.419. The van der Waals surface area contributed by atoms with Crippen molar-refractivity contribution in [1.29, 1.82) is 0 Å². The number of hydrogen-bond acceptors (Lipinski definition) is 5. The average molecular weight is 385 g/mol. The van der Waals surface area contributed by atoms with E-state index in [0.717, 1.165) is 11.1 Å². The molecule has 1 aliphatic rings. The van der Waals surface area contributed by atoms with Gasteiger partial charge in [-0.25, -0.2) is 13.2 Å². The van der Waals surface area contributed by atoms with E-state index in [4.69, 9.17) is 9.15 Å². The summed E-state index contributed by atoms with van der Waals surface area (Å²) in [6.45, 7) is 2.81. The minimum atomic E-state index is -3.97. The number of rotatable bonds is 4. The van der Waals surface area contributed by atoms with E-state index in [9.17, 15) is 13.2 Å². The minimum absolute atomic E-state index is 0.245. The first-order valence-corrected chi connectivity index (χ1v) is 10.2. The SMILES string of the molecule is CCOc1cccc2cc(S(=O)(=O)N3CCc4ccccc4C3)c(=O)oc12. The maximum Gasteiger partial charge on any atom is 0.356 e. The van der Waals surface area contributed by atoms with Crippen LogP contribution in [0.25, 0.3) is 11.0 Å². The molecule has 7 heteroatoms. The van der Waals surface area contributed by atoms with Crippen LogP contribution in [0, 0.1) is 0 Å². The van der Waals surface area contributed by atoms with Crippen LogP contribution in [0.5, 0.6) is 5.75 Å². The first-order valence-electron chi connectivity index (χ1n) is 8.77. The van der Waals surface area contributed by atoms with E-state index in [1.54, 1.807) is 18.2 Å². The summed E-state index contributed by atoms with van der Waals surface area (Å²) in [6.07, 6.45) is 0.614. The van der Waals surface area contributed by atoms with Gasteiger partial charge in [0.15, 0.2) is 16.2 Å². The Hall–Kier alpha value is -2.64. The van der Waals surface area contributed by atoms with E-state index in [2.05, 4.69) is 0 Å². The standard InChI is InChI=1S/C20H19NO5S/c1-2-25-17-9-5-8-15-12-18(20(22)26-19(15)17)27(23,24)21-11-10-14-6-3-4-7-16(14)13-21/h3-9,12H,2,10-11,13H2,1H3. The maximum absolute atomic E-state index is 13.1. The van der Waals surface area contributed by atoms with Crippen molar-refractivity contribution in [2.24, 2.45) is 0 Å². The van der Waals surface area contributed by atoms with Crippen LogP contribution in [0.1, 0.15) is 18.1 Å². The van der Waals surface area contributed by atoms with Crippen molar-refractivity contribution in [3.63, 3.8) is 0 Å². The van der Waals surface area contributed by atoms with Gasteiger partial charge in [0.1, 0.15) is 0 Å². The monoisotopic (exact) mass is 385 g/mol. The predicted molar refractivity (Wildman–Crippen MR) is 101 cm³/mol. The van der Waals surface area contributed by atoms with Gasteiger partial charge in [0, 0.05) is 18.5 Å². The first-order chi connectivity index (χ1) is 13.0. The lowest BCUT2D eigenvalue weighted by Crippen LogP contribution is -2.37. The molecular formula is C20H19NO5S. The van der Waals surface area contributed by atoms with Crippen molar-refractivity contribution in [2.45, 2.75) is 24.8 Å². The van der Waals surface area contributed by atoms with E-state index < -0.39 is 15.6 Å². The lowest BCUT2D eigenvalue weighted by atomic mass is 10.0. The molecule has 0 aliphatic carbocycles. The number of ether oxygens (including phenoxy) is 1. The van der Waals surface area contributed by atoms with Crippen molar-refractivity contribution < 1.29 is 17.6 Å². The fourth-order valence-electron chi connectivity index (χ4n) is 3.36. The summed E-state index contributed by atoms with van der Waals surface area (Å²) in [7, 11) is -3.97. The van der Waals surface area contributed by atoms with Crippen LogP contribution in [0.3, 0.4) is 0 Å². The van der Waals surface area contributed by atoms with E-state index in [0.29, 0.717) is 30.7 Å². The van der Waals surface area contributed by atoms with Crippen molar-refractivity contribution in [3.05, 3.63) is 70.1 Å². The highest BCUT2D eigenvalue weighted by Crippen LogP contribution is 2.28. The van der Waals surface area contributed by atoms with Gasteiger partial charge in [0.25, 0.3) is 10.0 Å². The van der Waals surface area contributed by atoms with E-state index in [1.165, 1.54) is 10.4 Å². The molecule has 4 rings (SSSR count). The average Bonchev–Trinajstić information content (AvgIpc) is 2.68. The zero-order valence-electron chi connectivity index (χ0n) is 14.8. The molecule has 0 spiro atoms. The van der Waals surface area contributed by atoms with E-state index in [1.807, 2.05) is 31.2 Å². The second kappa shape index (κ2) is 6.83. The molecule has 6 nitrogen and oxygen atoms in total. The van der Waals surface area contributed by atoms with Crippen LogP contribution in [0.2, 0.25) is 0 Å². The number of benzene rings is 2. The Morgan fingerprint density at radius 3 is 2.67 bits per heavy atom. The van der Waals surface area contributed by atoms with Crippen molar-refractivity contribution in [1.82, 2.24) is 4.31 Å². The molecule has 0 radical (unpaired) electrons. The quantitative estimate of drug-likeness (QED) is 0.646. The van der Waals surface area contributed by atoms with Gasteiger partial charge in [-0.15, -0.1) is 0 Å². The second-order valence-corrected chi connectivity index (χ2v) is 8.27. The molecule has 2 aromatic carbocycles. The molecule has 0 N–H and O–H groups in total. The molecule has 140 valence electrons. The van der Waals surface area contributed by atoms with Gasteiger partial charge in [0.2, 0.25) is 0 Å². The number of para-hydroxylation sites is 1. The van der Waals surface area contributed by atoms with Crippen LogP contribution in [0.15, 0.2) is 62.6 Å². The second-order valence-electron chi connectivity index (χ2n) is 6.36. The molecule has 3 aromatic rings. The minimum Gasteiger partial charge on any atom is -0.490 e. The normalized spacial score (nSPS) is 14.9. The van der Waals surface area contributed by atoms with Crippen LogP contribution in [-0.2, 0) is 23.0 Å². The van der Waals surface area contributed by atoms with Gasteiger partial charge in [-0.2, -0.15) is 4.31 Å². The molecule has 2 heterocycles. The summed E-state index contributed by atoms with van der Waals surface area (Å²) in [5.41, 5.74) is 1.47. The Labute approximate surface area is 157 Å². The summed E-state index contributed by atoms with van der Waals surface area (Å²) in [5, 5.41) is 0.511. The predicted octanol–water partition coefficient (Wildman–Crippen LogP) is 2.94. The van der Waals surface area contributed by atoms with Gasteiger partial charge < -0.3 is 9.15 Å². The highest BCUT2D eigenvalue weighted by atomic mass is 32.2. The Kier molecular flexibility index (Phi) is 4.49. The van der Waals surface area contributed by atoms with E-state index in [-0.39, 0.29) is 17.0 Å². The van der Waals surface area contributed by atoms with Gasteiger partial charge in [0.05, 0.1) is 6.61 Å².